The lowest BCUT2D eigenvalue weighted by atomic mass is 10.2. The van der Waals surface area contributed by atoms with Crippen molar-refractivity contribution < 1.29 is 14.5 Å². The Kier molecular flexibility index (Phi) is 5.37. The maximum Gasteiger partial charge on any atom is 0.407 e. The molecule has 0 bridgehead atoms. The van der Waals surface area contributed by atoms with E-state index in [1.807, 2.05) is 30.3 Å². The number of carbonyl (C=O) groups excluding carboxylic acids is 1. The van der Waals surface area contributed by atoms with Gasteiger partial charge in [0.25, 0.3) is 0 Å². The third kappa shape index (κ3) is 5.11. The molecule has 1 aromatic carbocycles. The van der Waals surface area contributed by atoms with Gasteiger partial charge in [0.15, 0.2) is 0 Å². The van der Waals surface area contributed by atoms with Crippen LogP contribution < -0.4 is 5.32 Å². The molecule has 96 valence electrons. The molecular weight excluding hydrogens is 236 g/mol. The standard InChI is InChI=1S/C12H14N2O4/c1-18-12(15)13-11(9-14(16)17)8-7-10-5-3-2-4-6-10/h2-8,11H,9H2,1H3,(H,13,15)/b8-7+/t11-/m0/s1. The van der Waals surface area contributed by atoms with Crippen LogP contribution in [0.3, 0.4) is 0 Å². The van der Waals surface area contributed by atoms with Crippen molar-refractivity contribution in [3.05, 3.63) is 52.1 Å². The molecule has 1 N–H and O–H groups in total. The first-order chi connectivity index (χ1) is 8.61. The van der Waals surface area contributed by atoms with Gasteiger partial charge in [0, 0.05) is 4.92 Å². The van der Waals surface area contributed by atoms with Crippen molar-refractivity contribution in [1.82, 2.24) is 5.32 Å². The first-order valence-electron chi connectivity index (χ1n) is 5.31. The Bertz CT molecular complexity index is 431. The molecule has 0 radical (unpaired) electrons. The van der Waals surface area contributed by atoms with E-state index in [-0.39, 0.29) is 0 Å². The van der Waals surface area contributed by atoms with Crippen LogP contribution in [0.15, 0.2) is 36.4 Å². The minimum absolute atomic E-state index is 0.390. The number of alkyl carbamates (subject to hydrolysis) is 1. The van der Waals surface area contributed by atoms with Crippen molar-refractivity contribution in [2.45, 2.75) is 6.04 Å². The molecular formula is C12H14N2O4. The Morgan fingerprint density at radius 3 is 2.72 bits per heavy atom. The number of benzene rings is 1. The molecule has 0 fully saturated rings. The summed E-state index contributed by atoms with van der Waals surface area (Å²) in [5, 5.41) is 12.8. The second-order valence-electron chi connectivity index (χ2n) is 3.53. The van der Waals surface area contributed by atoms with Crippen LogP contribution in [0.25, 0.3) is 6.08 Å². The minimum Gasteiger partial charge on any atom is -0.453 e. The highest BCUT2D eigenvalue weighted by atomic mass is 16.6. The molecule has 0 heterocycles. The quantitative estimate of drug-likeness (QED) is 0.637. The zero-order chi connectivity index (χ0) is 13.4. The molecule has 0 aliphatic rings. The Labute approximate surface area is 104 Å². The number of ether oxygens (including phenoxy) is 1. The summed E-state index contributed by atoms with van der Waals surface area (Å²) in [6.07, 6.45) is 2.58. The Hall–Kier alpha value is -2.37. The summed E-state index contributed by atoms with van der Waals surface area (Å²) in [6, 6.07) is 8.60. The molecule has 1 aromatic rings. The van der Waals surface area contributed by atoms with Crippen molar-refractivity contribution in [1.29, 1.82) is 0 Å². The van der Waals surface area contributed by atoms with Gasteiger partial charge in [-0.2, -0.15) is 0 Å². The fourth-order valence-corrected chi connectivity index (χ4v) is 1.32. The van der Waals surface area contributed by atoms with Gasteiger partial charge < -0.3 is 10.1 Å². The van der Waals surface area contributed by atoms with Crippen LogP contribution >= 0.6 is 0 Å². The summed E-state index contributed by atoms with van der Waals surface area (Å²) in [4.78, 5) is 21.0. The highest BCUT2D eigenvalue weighted by Gasteiger charge is 2.14. The average molecular weight is 250 g/mol. The van der Waals surface area contributed by atoms with E-state index < -0.39 is 23.6 Å². The largest absolute Gasteiger partial charge is 0.453 e. The van der Waals surface area contributed by atoms with Crippen molar-refractivity contribution in [3.8, 4) is 0 Å². The highest BCUT2D eigenvalue weighted by molar-refractivity contribution is 5.68. The van der Waals surface area contributed by atoms with Gasteiger partial charge in [-0.3, -0.25) is 10.1 Å². The van der Waals surface area contributed by atoms with E-state index in [1.165, 1.54) is 7.11 Å². The molecule has 18 heavy (non-hydrogen) atoms. The smallest absolute Gasteiger partial charge is 0.407 e. The second kappa shape index (κ2) is 7.05. The van der Waals surface area contributed by atoms with Gasteiger partial charge in [-0.15, -0.1) is 0 Å². The molecule has 0 spiro atoms. The molecule has 6 heteroatoms. The van der Waals surface area contributed by atoms with Crippen molar-refractivity contribution in [3.63, 3.8) is 0 Å². The zero-order valence-electron chi connectivity index (χ0n) is 9.91. The summed E-state index contributed by atoms with van der Waals surface area (Å²) < 4.78 is 4.41. The first-order valence-corrected chi connectivity index (χ1v) is 5.31. The van der Waals surface area contributed by atoms with Crippen LogP contribution in [0.4, 0.5) is 4.79 Å². The topological polar surface area (TPSA) is 81.5 Å². The Morgan fingerprint density at radius 2 is 2.17 bits per heavy atom. The van der Waals surface area contributed by atoms with E-state index in [0.717, 1.165) is 5.56 Å². The zero-order valence-corrected chi connectivity index (χ0v) is 9.91. The average Bonchev–Trinajstić information content (AvgIpc) is 2.36. The number of nitrogens with zero attached hydrogens (tertiary/aromatic N) is 1. The number of carbonyl (C=O) groups is 1. The number of nitrogens with one attached hydrogen (secondary N) is 1. The third-order valence-corrected chi connectivity index (χ3v) is 2.15. The second-order valence-corrected chi connectivity index (χ2v) is 3.53. The lowest BCUT2D eigenvalue weighted by molar-refractivity contribution is -0.481. The maximum atomic E-state index is 11.0. The third-order valence-electron chi connectivity index (χ3n) is 2.15. The van der Waals surface area contributed by atoms with Crippen LogP contribution in [-0.2, 0) is 4.74 Å². The highest BCUT2D eigenvalue weighted by Crippen LogP contribution is 2.02. The molecule has 1 rings (SSSR count). The molecule has 1 amide bonds. The number of amides is 1. The van der Waals surface area contributed by atoms with Crippen molar-refractivity contribution in [2.75, 3.05) is 13.7 Å². The monoisotopic (exact) mass is 250 g/mol. The van der Waals surface area contributed by atoms with E-state index in [2.05, 4.69) is 10.1 Å². The number of hydrogen-bond donors (Lipinski definition) is 1. The summed E-state index contributed by atoms with van der Waals surface area (Å²) in [5.74, 6) is 0. The Balaban J connectivity index is 2.68. The summed E-state index contributed by atoms with van der Waals surface area (Å²) in [5.41, 5.74) is 0.900. The van der Waals surface area contributed by atoms with Crippen LogP contribution in [0.1, 0.15) is 5.56 Å². The van der Waals surface area contributed by atoms with Crippen molar-refractivity contribution >= 4 is 12.2 Å². The lowest BCUT2D eigenvalue weighted by Crippen LogP contribution is -2.38. The summed E-state index contributed by atoms with van der Waals surface area (Å²) >= 11 is 0. The summed E-state index contributed by atoms with van der Waals surface area (Å²) in [7, 11) is 1.21. The van der Waals surface area contributed by atoms with Gasteiger partial charge in [-0.1, -0.05) is 42.5 Å². The van der Waals surface area contributed by atoms with Gasteiger partial charge in [0.1, 0.15) is 6.04 Å². The normalized spacial score (nSPS) is 12.1. The van der Waals surface area contributed by atoms with Gasteiger partial charge in [-0.05, 0) is 5.56 Å². The number of methoxy groups -OCH3 is 1. The van der Waals surface area contributed by atoms with Crippen LogP contribution in [0.2, 0.25) is 0 Å². The number of hydrogen-bond acceptors (Lipinski definition) is 4. The Morgan fingerprint density at radius 1 is 1.50 bits per heavy atom. The molecule has 0 saturated carbocycles. The molecule has 0 aromatic heterocycles. The lowest BCUT2D eigenvalue weighted by Gasteiger charge is -2.09. The molecule has 0 aliphatic heterocycles. The van der Waals surface area contributed by atoms with Gasteiger partial charge in [0.2, 0.25) is 6.54 Å². The number of rotatable bonds is 5. The minimum atomic E-state index is -0.701. The predicted octanol–water partition coefficient (Wildman–Crippen LogP) is 1.70. The number of nitro groups is 1. The SMILES string of the molecule is COC(=O)N[C@@H](/C=C/c1ccccc1)C[N+](=O)[O-]. The molecule has 6 nitrogen and oxygen atoms in total. The van der Waals surface area contributed by atoms with E-state index >= 15 is 0 Å². The van der Waals surface area contributed by atoms with E-state index in [0.29, 0.717) is 0 Å². The maximum absolute atomic E-state index is 11.0. The van der Waals surface area contributed by atoms with Gasteiger partial charge in [-0.25, -0.2) is 4.79 Å². The van der Waals surface area contributed by atoms with E-state index in [4.69, 9.17) is 0 Å². The molecule has 0 aliphatic carbocycles. The molecule has 0 saturated heterocycles. The van der Waals surface area contributed by atoms with E-state index in [1.54, 1.807) is 12.2 Å². The predicted molar refractivity (Wildman–Crippen MR) is 66.7 cm³/mol. The van der Waals surface area contributed by atoms with Crippen LogP contribution in [0.5, 0.6) is 0 Å². The molecule has 1 atom stereocenters. The summed E-state index contributed by atoms with van der Waals surface area (Å²) in [6.45, 7) is -0.390. The molecule has 0 unspecified atom stereocenters. The fourth-order valence-electron chi connectivity index (χ4n) is 1.32. The van der Waals surface area contributed by atoms with E-state index in [9.17, 15) is 14.9 Å². The van der Waals surface area contributed by atoms with Crippen LogP contribution in [0, 0.1) is 10.1 Å². The van der Waals surface area contributed by atoms with Gasteiger partial charge in [0.05, 0.1) is 7.11 Å². The van der Waals surface area contributed by atoms with Crippen molar-refractivity contribution in [2.24, 2.45) is 0 Å². The van der Waals surface area contributed by atoms with Gasteiger partial charge >= 0.3 is 6.09 Å². The first kappa shape index (κ1) is 13.7. The van der Waals surface area contributed by atoms with Crippen LogP contribution in [-0.4, -0.2) is 30.7 Å². The fraction of sp³-hybridized carbons (Fsp3) is 0.250.